The van der Waals surface area contributed by atoms with Crippen molar-refractivity contribution in [3.63, 3.8) is 0 Å². The Bertz CT molecular complexity index is 574. The van der Waals surface area contributed by atoms with Crippen LogP contribution in [0.25, 0.3) is 0 Å². The molecule has 1 aliphatic heterocycles. The summed E-state index contributed by atoms with van der Waals surface area (Å²) in [6.45, 7) is 2.32. The first-order valence-corrected chi connectivity index (χ1v) is 9.27. The fraction of sp³-hybridized carbons (Fsp3) is 0.538. The molecule has 0 aliphatic carbocycles. The predicted molar refractivity (Wildman–Crippen MR) is 81.2 cm³/mol. The predicted octanol–water partition coefficient (Wildman–Crippen LogP) is 1.74. The zero-order valence-corrected chi connectivity index (χ0v) is 13.7. The van der Waals surface area contributed by atoms with Crippen molar-refractivity contribution < 1.29 is 17.9 Å². The van der Waals surface area contributed by atoms with E-state index in [1.807, 2.05) is 12.1 Å². The molecule has 1 N–H and O–H groups in total. The van der Waals surface area contributed by atoms with Gasteiger partial charge in [0.05, 0.1) is 23.4 Å². The van der Waals surface area contributed by atoms with E-state index in [0.29, 0.717) is 26.3 Å². The lowest BCUT2D eigenvalue weighted by Crippen LogP contribution is -2.22. The quantitative estimate of drug-likeness (QED) is 0.807. The Kier molecular flexibility index (Phi) is 5.29. The van der Waals surface area contributed by atoms with Crippen LogP contribution in [-0.2, 0) is 16.4 Å². The molecule has 1 aliphatic rings. The summed E-state index contributed by atoms with van der Waals surface area (Å²) < 4.78 is 34.2. The fourth-order valence-electron chi connectivity index (χ4n) is 1.88. The summed E-state index contributed by atoms with van der Waals surface area (Å²) in [5.41, 5.74) is 1.02. The number of ether oxygens (including phenoxy) is 2. The van der Waals surface area contributed by atoms with E-state index in [9.17, 15) is 8.42 Å². The molecule has 5 nitrogen and oxygen atoms in total. The minimum Gasteiger partial charge on any atom is -0.490 e. The van der Waals surface area contributed by atoms with Gasteiger partial charge >= 0.3 is 0 Å². The molecule has 0 bridgehead atoms. The Morgan fingerprint density at radius 3 is 2.80 bits per heavy atom. The van der Waals surface area contributed by atoms with Crippen molar-refractivity contribution >= 4 is 25.8 Å². The van der Waals surface area contributed by atoms with E-state index in [0.717, 1.165) is 28.0 Å². The molecular formula is C13H18BrNO4S. The highest BCUT2D eigenvalue weighted by Gasteiger charge is 2.15. The molecule has 1 heterocycles. The van der Waals surface area contributed by atoms with Crippen molar-refractivity contribution in [3.05, 3.63) is 22.2 Å². The standard InChI is InChI=1S/C13H18BrNO4S/c1-20(16,17)6-3-15-9-10-7-11(14)13-12(8-10)18-4-2-5-19-13/h7-8,15H,2-6,9H2,1H3. The molecule has 2 rings (SSSR count). The second-order valence-electron chi connectivity index (χ2n) is 4.76. The van der Waals surface area contributed by atoms with Gasteiger partial charge in [0.15, 0.2) is 11.5 Å². The lowest BCUT2D eigenvalue weighted by molar-refractivity contribution is 0.296. The summed E-state index contributed by atoms with van der Waals surface area (Å²) in [5.74, 6) is 1.61. The molecule has 112 valence electrons. The molecule has 0 atom stereocenters. The van der Waals surface area contributed by atoms with E-state index in [1.54, 1.807) is 0 Å². The summed E-state index contributed by atoms with van der Waals surface area (Å²) in [4.78, 5) is 0. The minimum atomic E-state index is -2.92. The number of hydrogen-bond acceptors (Lipinski definition) is 5. The third-order valence-corrected chi connectivity index (χ3v) is 4.38. The van der Waals surface area contributed by atoms with Crippen molar-refractivity contribution in [2.24, 2.45) is 0 Å². The van der Waals surface area contributed by atoms with Gasteiger partial charge in [-0.05, 0) is 33.6 Å². The van der Waals surface area contributed by atoms with Gasteiger partial charge in [-0.25, -0.2) is 8.42 Å². The molecule has 0 unspecified atom stereocenters. The second kappa shape index (κ2) is 6.78. The van der Waals surface area contributed by atoms with E-state index in [1.165, 1.54) is 6.26 Å². The molecule has 20 heavy (non-hydrogen) atoms. The molecule has 7 heteroatoms. The van der Waals surface area contributed by atoms with E-state index < -0.39 is 9.84 Å². The van der Waals surface area contributed by atoms with E-state index >= 15 is 0 Å². The number of fused-ring (bicyclic) bond motifs is 1. The number of nitrogens with one attached hydrogen (secondary N) is 1. The van der Waals surface area contributed by atoms with Crippen molar-refractivity contribution in [3.8, 4) is 11.5 Å². The van der Waals surface area contributed by atoms with E-state index in [2.05, 4.69) is 21.2 Å². The smallest absolute Gasteiger partial charge is 0.175 e. The average Bonchev–Trinajstić information content (AvgIpc) is 2.59. The van der Waals surface area contributed by atoms with Crippen molar-refractivity contribution in [2.75, 3.05) is 31.8 Å². The van der Waals surface area contributed by atoms with Gasteiger partial charge in [0.1, 0.15) is 9.84 Å². The van der Waals surface area contributed by atoms with Crippen LogP contribution in [-0.4, -0.2) is 40.2 Å². The molecule has 0 saturated carbocycles. The molecule has 0 amide bonds. The minimum absolute atomic E-state index is 0.138. The first-order valence-electron chi connectivity index (χ1n) is 6.42. The normalized spacial score (nSPS) is 14.9. The Hall–Kier alpha value is -0.790. The van der Waals surface area contributed by atoms with Crippen LogP contribution in [0.4, 0.5) is 0 Å². The van der Waals surface area contributed by atoms with Gasteiger partial charge in [-0.2, -0.15) is 0 Å². The van der Waals surface area contributed by atoms with Crippen LogP contribution >= 0.6 is 15.9 Å². The Morgan fingerprint density at radius 2 is 2.05 bits per heavy atom. The first kappa shape index (κ1) is 15.6. The zero-order chi connectivity index (χ0) is 14.6. The Balaban J connectivity index is 1.99. The SMILES string of the molecule is CS(=O)(=O)CCNCc1cc(Br)c2c(c1)OCCCO2. The van der Waals surface area contributed by atoms with Crippen LogP contribution in [0.1, 0.15) is 12.0 Å². The Morgan fingerprint density at radius 1 is 1.30 bits per heavy atom. The van der Waals surface area contributed by atoms with E-state index in [4.69, 9.17) is 9.47 Å². The van der Waals surface area contributed by atoms with Crippen LogP contribution in [0.2, 0.25) is 0 Å². The maximum absolute atomic E-state index is 11.0. The van der Waals surface area contributed by atoms with Crippen LogP contribution < -0.4 is 14.8 Å². The Labute approximate surface area is 127 Å². The summed E-state index contributed by atoms with van der Waals surface area (Å²) in [6, 6.07) is 3.89. The number of rotatable bonds is 5. The zero-order valence-electron chi connectivity index (χ0n) is 11.3. The topological polar surface area (TPSA) is 64.6 Å². The van der Waals surface area contributed by atoms with Crippen LogP contribution in [0, 0.1) is 0 Å². The molecule has 0 radical (unpaired) electrons. The second-order valence-corrected chi connectivity index (χ2v) is 7.88. The third-order valence-electron chi connectivity index (χ3n) is 2.84. The molecule has 0 spiro atoms. The monoisotopic (exact) mass is 363 g/mol. The third kappa shape index (κ3) is 4.64. The number of hydrogen-bond donors (Lipinski definition) is 1. The summed E-state index contributed by atoms with van der Waals surface area (Å²) >= 11 is 3.48. The van der Waals surface area contributed by atoms with Gasteiger partial charge in [0.2, 0.25) is 0 Å². The van der Waals surface area contributed by atoms with Gasteiger partial charge in [0, 0.05) is 25.8 Å². The molecule has 1 aromatic carbocycles. The van der Waals surface area contributed by atoms with E-state index in [-0.39, 0.29) is 5.75 Å². The van der Waals surface area contributed by atoms with Crippen molar-refractivity contribution in [1.29, 1.82) is 0 Å². The highest BCUT2D eigenvalue weighted by atomic mass is 79.9. The van der Waals surface area contributed by atoms with Gasteiger partial charge in [-0.1, -0.05) is 0 Å². The number of halogens is 1. The number of sulfone groups is 1. The van der Waals surface area contributed by atoms with Crippen LogP contribution in [0.3, 0.4) is 0 Å². The highest BCUT2D eigenvalue weighted by molar-refractivity contribution is 9.10. The number of benzene rings is 1. The average molecular weight is 364 g/mol. The van der Waals surface area contributed by atoms with Gasteiger partial charge in [-0.3, -0.25) is 0 Å². The molecular weight excluding hydrogens is 346 g/mol. The maximum Gasteiger partial charge on any atom is 0.175 e. The van der Waals surface area contributed by atoms with Crippen molar-refractivity contribution in [1.82, 2.24) is 5.32 Å². The first-order chi connectivity index (χ1) is 9.46. The van der Waals surface area contributed by atoms with Gasteiger partial charge in [0.25, 0.3) is 0 Å². The van der Waals surface area contributed by atoms with Crippen molar-refractivity contribution in [2.45, 2.75) is 13.0 Å². The summed E-state index contributed by atoms with van der Waals surface area (Å²) in [7, 11) is -2.92. The molecule has 1 aromatic rings. The molecule has 0 saturated heterocycles. The lowest BCUT2D eigenvalue weighted by Gasteiger charge is -2.12. The highest BCUT2D eigenvalue weighted by Crippen LogP contribution is 2.38. The summed E-state index contributed by atoms with van der Waals surface area (Å²) in [6.07, 6.45) is 2.10. The molecule has 0 fully saturated rings. The maximum atomic E-state index is 11.0. The summed E-state index contributed by atoms with van der Waals surface area (Å²) in [5, 5.41) is 3.11. The largest absolute Gasteiger partial charge is 0.490 e. The van der Waals surface area contributed by atoms with Crippen LogP contribution in [0.15, 0.2) is 16.6 Å². The fourth-order valence-corrected chi connectivity index (χ4v) is 3.00. The van der Waals surface area contributed by atoms with Crippen LogP contribution in [0.5, 0.6) is 11.5 Å². The van der Waals surface area contributed by atoms with Gasteiger partial charge < -0.3 is 14.8 Å². The van der Waals surface area contributed by atoms with Gasteiger partial charge in [-0.15, -0.1) is 0 Å². The molecule has 0 aromatic heterocycles. The lowest BCUT2D eigenvalue weighted by atomic mass is 10.2.